The van der Waals surface area contributed by atoms with E-state index in [1.807, 2.05) is 30.5 Å². The van der Waals surface area contributed by atoms with Gasteiger partial charge in [-0.15, -0.1) is 0 Å². The lowest BCUT2D eigenvalue weighted by molar-refractivity contribution is 0.597. The van der Waals surface area contributed by atoms with Gasteiger partial charge in [-0.2, -0.15) is 8.42 Å². The first-order valence-corrected chi connectivity index (χ1v) is 8.94. The minimum atomic E-state index is -3.68. The average molecular weight is 372 g/mol. The van der Waals surface area contributed by atoms with Crippen LogP contribution in [0.4, 0.5) is 5.69 Å². The van der Waals surface area contributed by atoms with Crippen molar-refractivity contribution in [1.29, 1.82) is 0 Å². The van der Waals surface area contributed by atoms with Gasteiger partial charge in [0, 0.05) is 17.2 Å². The van der Waals surface area contributed by atoms with Gasteiger partial charge in [-0.3, -0.25) is 4.72 Å². The molecule has 0 aliphatic carbocycles. The number of nitrogens with one attached hydrogen (secondary N) is 1. The fraction of sp³-hybridized carbons (Fsp3) is 0.357. The van der Waals surface area contributed by atoms with Crippen molar-refractivity contribution in [2.75, 3.05) is 4.72 Å². The van der Waals surface area contributed by atoms with Crippen molar-refractivity contribution in [3.8, 4) is 0 Å². The summed E-state index contributed by atoms with van der Waals surface area (Å²) >= 11 is 3.34. The van der Waals surface area contributed by atoms with Gasteiger partial charge in [-0.05, 0) is 38.0 Å². The molecular formula is C14H18BrN3O2S. The highest BCUT2D eigenvalue weighted by Crippen LogP contribution is 2.23. The van der Waals surface area contributed by atoms with E-state index in [0.29, 0.717) is 11.5 Å². The second-order valence-electron chi connectivity index (χ2n) is 4.88. The predicted octanol–water partition coefficient (Wildman–Crippen LogP) is 3.47. The number of benzene rings is 1. The van der Waals surface area contributed by atoms with Gasteiger partial charge in [-0.25, -0.2) is 4.98 Å². The van der Waals surface area contributed by atoms with Crippen LogP contribution < -0.4 is 4.72 Å². The normalized spacial score (nSPS) is 11.6. The molecule has 0 aliphatic heterocycles. The summed E-state index contributed by atoms with van der Waals surface area (Å²) in [6, 6.07) is 5.46. The topological polar surface area (TPSA) is 64.0 Å². The Morgan fingerprint density at radius 1 is 1.33 bits per heavy atom. The smallest absolute Gasteiger partial charge is 0.280 e. The first-order chi connectivity index (χ1) is 9.83. The highest BCUT2D eigenvalue weighted by Gasteiger charge is 2.20. The minimum absolute atomic E-state index is 0.0489. The largest absolute Gasteiger partial charge is 0.334 e. The Bertz CT molecular complexity index is 754. The monoisotopic (exact) mass is 371 g/mol. The van der Waals surface area contributed by atoms with Crippen molar-refractivity contribution in [2.45, 2.75) is 38.8 Å². The molecule has 114 valence electrons. The Balaban J connectivity index is 2.34. The molecule has 2 aromatic rings. The van der Waals surface area contributed by atoms with Crippen LogP contribution in [0.3, 0.4) is 0 Å². The number of sulfonamides is 1. The second-order valence-corrected chi connectivity index (χ2v) is 7.43. The van der Waals surface area contributed by atoms with Gasteiger partial charge in [-0.1, -0.05) is 28.9 Å². The van der Waals surface area contributed by atoms with Crippen molar-refractivity contribution in [3.05, 3.63) is 40.3 Å². The average Bonchev–Trinajstić information content (AvgIpc) is 2.77. The number of nitrogens with zero attached hydrogens (tertiary/aromatic N) is 2. The quantitative estimate of drug-likeness (QED) is 0.874. The molecular weight excluding hydrogens is 354 g/mol. The van der Waals surface area contributed by atoms with Gasteiger partial charge < -0.3 is 4.57 Å². The highest BCUT2D eigenvalue weighted by molar-refractivity contribution is 9.10. The van der Waals surface area contributed by atoms with Crippen LogP contribution >= 0.6 is 15.9 Å². The van der Waals surface area contributed by atoms with Crippen molar-refractivity contribution in [3.63, 3.8) is 0 Å². The molecule has 0 atom stereocenters. The molecule has 0 fully saturated rings. The van der Waals surface area contributed by atoms with Crippen LogP contribution in [0.25, 0.3) is 0 Å². The first-order valence-electron chi connectivity index (χ1n) is 6.66. The fourth-order valence-corrected chi connectivity index (χ4v) is 3.47. The van der Waals surface area contributed by atoms with E-state index < -0.39 is 10.0 Å². The summed E-state index contributed by atoms with van der Waals surface area (Å²) in [5.74, 6) is 0.697. The van der Waals surface area contributed by atoms with Gasteiger partial charge in [0.1, 0.15) is 5.82 Å². The molecule has 0 saturated heterocycles. The number of hydrogen-bond acceptors (Lipinski definition) is 3. The van der Waals surface area contributed by atoms with Crippen LogP contribution in [-0.2, 0) is 16.6 Å². The van der Waals surface area contributed by atoms with Crippen molar-refractivity contribution >= 4 is 31.6 Å². The Hall–Kier alpha value is -1.34. The Morgan fingerprint density at radius 3 is 2.71 bits per heavy atom. The Morgan fingerprint density at radius 2 is 2.05 bits per heavy atom. The van der Waals surface area contributed by atoms with E-state index in [4.69, 9.17) is 0 Å². The van der Waals surface area contributed by atoms with Crippen LogP contribution in [0.5, 0.6) is 0 Å². The third-order valence-electron chi connectivity index (χ3n) is 3.14. The maximum atomic E-state index is 12.4. The molecule has 21 heavy (non-hydrogen) atoms. The summed E-state index contributed by atoms with van der Waals surface area (Å²) < 4.78 is 30.1. The molecule has 7 heteroatoms. The van der Waals surface area contributed by atoms with E-state index in [-0.39, 0.29) is 5.03 Å². The summed E-state index contributed by atoms with van der Waals surface area (Å²) in [7, 11) is -3.68. The summed E-state index contributed by atoms with van der Waals surface area (Å²) in [6.45, 7) is 6.45. The fourth-order valence-electron chi connectivity index (χ4n) is 1.98. The predicted molar refractivity (Wildman–Crippen MR) is 86.9 cm³/mol. The van der Waals surface area contributed by atoms with Crippen LogP contribution in [0.2, 0.25) is 0 Å². The molecule has 0 bridgehead atoms. The number of hydrogen-bond donors (Lipinski definition) is 1. The van der Waals surface area contributed by atoms with Crippen molar-refractivity contribution in [2.24, 2.45) is 0 Å². The summed E-state index contributed by atoms with van der Waals surface area (Å²) in [5, 5.41) is 0.0489. The number of rotatable bonds is 5. The SMILES string of the molecule is CCCn1cc(S(=O)(=O)Nc2cc(Br)ccc2C)nc1C. The molecule has 0 aliphatic rings. The Labute approximate surface area is 133 Å². The molecule has 1 aromatic heterocycles. The van der Waals surface area contributed by atoms with E-state index in [2.05, 4.69) is 25.6 Å². The van der Waals surface area contributed by atoms with Crippen molar-refractivity contribution < 1.29 is 8.42 Å². The standard InChI is InChI=1S/C14H18BrN3O2S/c1-4-7-18-9-14(16-11(18)3)21(19,20)17-13-8-12(15)6-5-10(13)2/h5-6,8-9,17H,4,7H2,1-3H3. The molecule has 0 unspecified atom stereocenters. The van der Waals surface area contributed by atoms with E-state index in [1.54, 1.807) is 19.2 Å². The van der Waals surface area contributed by atoms with Crippen LogP contribution in [0.1, 0.15) is 24.7 Å². The number of anilines is 1. The Kier molecular flexibility index (Phi) is 4.73. The molecule has 0 saturated carbocycles. The summed E-state index contributed by atoms with van der Waals surface area (Å²) in [4.78, 5) is 4.15. The van der Waals surface area contributed by atoms with Gasteiger partial charge in [0.05, 0.1) is 5.69 Å². The first kappa shape index (κ1) is 16.0. The lowest BCUT2D eigenvalue weighted by Crippen LogP contribution is -2.14. The van der Waals surface area contributed by atoms with Crippen LogP contribution in [0, 0.1) is 13.8 Å². The molecule has 0 radical (unpaired) electrons. The summed E-state index contributed by atoms with van der Waals surface area (Å²) in [6.07, 6.45) is 2.50. The van der Waals surface area contributed by atoms with E-state index >= 15 is 0 Å². The molecule has 5 nitrogen and oxygen atoms in total. The third kappa shape index (κ3) is 3.65. The van der Waals surface area contributed by atoms with Gasteiger partial charge >= 0.3 is 0 Å². The maximum absolute atomic E-state index is 12.4. The molecule has 2 rings (SSSR count). The van der Waals surface area contributed by atoms with Gasteiger partial charge in [0.2, 0.25) is 0 Å². The number of aromatic nitrogens is 2. The number of halogens is 1. The van der Waals surface area contributed by atoms with E-state index in [9.17, 15) is 8.42 Å². The second kappa shape index (κ2) is 6.19. The lowest BCUT2D eigenvalue weighted by Gasteiger charge is -2.09. The van der Waals surface area contributed by atoms with E-state index in [1.165, 1.54) is 0 Å². The molecule has 1 N–H and O–H groups in total. The maximum Gasteiger partial charge on any atom is 0.280 e. The van der Waals surface area contributed by atoms with Crippen molar-refractivity contribution in [1.82, 2.24) is 9.55 Å². The van der Waals surface area contributed by atoms with Gasteiger partial charge in [0.25, 0.3) is 10.0 Å². The van der Waals surface area contributed by atoms with Crippen LogP contribution in [-0.4, -0.2) is 18.0 Å². The summed E-state index contributed by atoms with van der Waals surface area (Å²) in [5.41, 5.74) is 1.40. The zero-order valence-corrected chi connectivity index (χ0v) is 14.6. The third-order valence-corrected chi connectivity index (χ3v) is 4.87. The zero-order valence-electron chi connectivity index (χ0n) is 12.2. The number of aryl methyl sites for hydroxylation is 3. The molecule has 1 aromatic carbocycles. The van der Waals surface area contributed by atoms with Gasteiger partial charge in [0.15, 0.2) is 5.03 Å². The molecule has 1 heterocycles. The zero-order chi connectivity index (χ0) is 15.6. The number of imidazole rings is 1. The van der Waals surface area contributed by atoms with E-state index in [0.717, 1.165) is 23.0 Å². The van der Waals surface area contributed by atoms with Crippen LogP contribution in [0.15, 0.2) is 33.9 Å². The molecule has 0 spiro atoms. The molecule has 0 amide bonds. The minimum Gasteiger partial charge on any atom is -0.334 e. The lowest BCUT2D eigenvalue weighted by atomic mass is 10.2. The highest BCUT2D eigenvalue weighted by atomic mass is 79.9.